The van der Waals surface area contributed by atoms with Gasteiger partial charge in [-0.1, -0.05) is 32.0 Å². The Balaban J connectivity index is 3.00. The zero-order valence-corrected chi connectivity index (χ0v) is 11.8. The molecule has 4 nitrogen and oxygen atoms in total. The van der Waals surface area contributed by atoms with Gasteiger partial charge in [0.25, 0.3) is 0 Å². The fraction of sp³-hybridized carbons (Fsp3) is 0.533. The van der Waals surface area contributed by atoms with E-state index in [0.717, 1.165) is 17.5 Å². The Bertz CT molecular complexity index is 431. The fourth-order valence-corrected chi connectivity index (χ4v) is 1.92. The number of hydrogen-bond donors (Lipinski definition) is 2. The van der Waals surface area contributed by atoms with Gasteiger partial charge in [0.1, 0.15) is 5.75 Å². The van der Waals surface area contributed by atoms with Crippen LogP contribution in [0.3, 0.4) is 0 Å². The third-order valence-electron chi connectivity index (χ3n) is 3.21. The number of hydrogen-bond acceptors (Lipinski definition) is 3. The third kappa shape index (κ3) is 4.24. The van der Waals surface area contributed by atoms with Crippen LogP contribution in [-0.4, -0.2) is 23.2 Å². The predicted octanol–water partition coefficient (Wildman–Crippen LogP) is 2.52. The van der Waals surface area contributed by atoms with Crippen LogP contribution >= 0.6 is 0 Å². The summed E-state index contributed by atoms with van der Waals surface area (Å²) >= 11 is 0. The molecule has 2 unspecified atom stereocenters. The van der Waals surface area contributed by atoms with Crippen LogP contribution < -0.4 is 10.5 Å². The first-order chi connectivity index (χ1) is 8.99. The molecule has 0 saturated carbocycles. The minimum atomic E-state index is -0.934. The summed E-state index contributed by atoms with van der Waals surface area (Å²) in [5.74, 6) is -0.267. The van der Waals surface area contributed by atoms with Gasteiger partial charge >= 0.3 is 5.97 Å². The number of para-hydroxylation sites is 1. The summed E-state index contributed by atoms with van der Waals surface area (Å²) in [6.45, 7) is 5.76. The minimum absolute atomic E-state index is 0.0639. The number of carboxylic acid groups (broad SMARTS) is 1. The minimum Gasteiger partial charge on any atom is -0.479 e. The van der Waals surface area contributed by atoms with Gasteiger partial charge in [0.2, 0.25) is 0 Å². The Kier molecular flexibility index (Phi) is 5.83. The maximum absolute atomic E-state index is 11.1. The Morgan fingerprint density at radius 1 is 1.37 bits per heavy atom. The maximum Gasteiger partial charge on any atom is 0.344 e. The second-order valence-corrected chi connectivity index (χ2v) is 4.79. The number of nitrogens with two attached hydrogens (primary N) is 1. The van der Waals surface area contributed by atoms with Crippen LogP contribution in [0, 0.1) is 6.92 Å². The highest BCUT2D eigenvalue weighted by atomic mass is 16.5. The Hall–Kier alpha value is -1.55. The van der Waals surface area contributed by atoms with Gasteiger partial charge in [-0.2, -0.15) is 0 Å². The van der Waals surface area contributed by atoms with Gasteiger partial charge in [0, 0.05) is 6.04 Å². The van der Waals surface area contributed by atoms with Crippen LogP contribution in [0.2, 0.25) is 0 Å². The molecule has 19 heavy (non-hydrogen) atoms. The van der Waals surface area contributed by atoms with Crippen molar-refractivity contribution in [2.24, 2.45) is 5.73 Å². The highest BCUT2D eigenvalue weighted by molar-refractivity contribution is 5.72. The van der Waals surface area contributed by atoms with E-state index in [1.807, 2.05) is 32.0 Å². The maximum atomic E-state index is 11.1. The molecule has 1 rings (SSSR count). The summed E-state index contributed by atoms with van der Waals surface area (Å²) in [4.78, 5) is 11.1. The van der Waals surface area contributed by atoms with Gasteiger partial charge in [-0.15, -0.1) is 0 Å². The lowest BCUT2D eigenvalue weighted by atomic mass is 10.0. The summed E-state index contributed by atoms with van der Waals surface area (Å²) in [6, 6.07) is 5.88. The van der Waals surface area contributed by atoms with E-state index >= 15 is 0 Å². The van der Waals surface area contributed by atoms with Gasteiger partial charge in [-0.25, -0.2) is 4.79 Å². The molecule has 0 amide bonds. The van der Waals surface area contributed by atoms with Crippen LogP contribution in [0.4, 0.5) is 0 Å². The Morgan fingerprint density at radius 2 is 2.05 bits per heavy atom. The quantitative estimate of drug-likeness (QED) is 0.794. The van der Waals surface area contributed by atoms with Crippen molar-refractivity contribution in [3.8, 4) is 5.75 Å². The molecule has 0 aliphatic rings. The molecule has 106 valence electrons. The molecule has 0 heterocycles. The van der Waals surface area contributed by atoms with Crippen molar-refractivity contribution in [2.45, 2.75) is 52.2 Å². The molecule has 0 saturated heterocycles. The predicted molar refractivity (Wildman–Crippen MR) is 75.5 cm³/mol. The first-order valence-corrected chi connectivity index (χ1v) is 6.73. The van der Waals surface area contributed by atoms with Gasteiger partial charge < -0.3 is 15.6 Å². The molecule has 0 fully saturated rings. The van der Waals surface area contributed by atoms with E-state index in [-0.39, 0.29) is 6.04 Å². The van der Waals surface area contributed by atoms with Crippen molar-refractivity contribution in [2.75, 3.05) is 0 Å². The molecule has 2 atom stereocenters. The lowest BCUT2D eigenvalue weighted by Gasteiger charge is -2.20. The number of carbonyl (C=O) groups is 1. The van der Waals surface area contributed by atoms with Crippen molar-refractivity contribution in [3.05, 3.63) is 29.3 Å². The molecule has 1 aromatic rings. The fourth-order valence-electron chi connectivity index (χ4n) is 1.92. The van der Waals surface area contributed by atoms with Crippen LogP contribution in [0.1, 0.15) is 37.8 Å². The summed E-state index contributed by atoms with van der Waals surface area (Å²) in [5.41, 5.74) is 7.90. The number of aliphatic carboxylic acids is 1. The first-order valence-electron chi connectivity index (χ1n) is 6.73. The molecule has 0 aliphatic carbocycles. The molecule has 0 spiro atoms. The second kappa shape index (κ2) is 7.14. The molecular formula is C15H23NO3. The first kappa shape index (κ1) is 15.5. The molecular weight excluding hydrogens is 242 g/mol. The standard InChI is InChI=1S/C15H23NO3/c1-4-12(16)9-11-8-6-7-10(3)14(11)19-13(5-2)15(17)18/h6-8,12-13H,4-5,9,16H2,1-3H3,(H,17,18). The van der Waals surface area contributed by atoms with E-state index in [9.17, 15) is 4.79 Å². The summed E-state index contributed by atoms with van der Waals surface area (Å²) in [5, 5.41) is 9.09. The van der Waals surface area contributed by atoms with E-state index in [2.05, 4.69) is 0 Å². The topological polar surface area (TPSA) is 72.5 Å². The third-order valence-corrected chi connectivity index (χ3v) is 3.21. The normalized spacial score (nSPS) is 13.9. The largest absolute Gasteiger partial charge is 0.479 e. The average Bonchev–Trinajstić information content (AvgIpc) is 2.37. The summed E-state index contributed by atoms with van der Waals surface area (Å²) in [7, 11) is 0. The molecule has 3 N–H and O–H groups in total. The van der Waals surface area contributed by atoms with Crippen LogP contribution in [-0.2, 0) is 11.2 Å². The number of rotatable bonds is 7. The SMILES string of the molecule is CCC(N)Cc1cccc(C)c1OC(CC)C(=O)O. The average molecular weight is 265 g/mol. The van der Waals surface area contributed by atoms with Crippen molar-refractivity contribution in [1.82, 2.24) is 0 Å². The van der Waals surface area contributed by atoms with Crippen molar-refractivity contribution >= 4 is 5.97 Å². The highest BCUT2D eigenvalue weighted by Crippen LogP contribution is 2.26. The van der Waals surface area contributed by atoms with E-state index in [4.69, 9.17) is 15.6 Å². The van der Waals surface area contributed by atoms with Gasteiger partial charge in [-0.05, 0) is 37.3 Å². The zero-order chi connectivity index (χ0) is 14.4. The number of ether oxygens (including phenoxy) is 1. The lowest BCUT2D eigenvalue weighted by molar-refractivity contribution is -0.145. The summed E-state index contributed by atoms with van der Waals surface area (Å²) < 4.78 is 5.68. The van der Waals surface area contributed by atoms with E-state index in [1.54, 1.807) is 6.92 Å². The lowest BCUT2D eigenvalue weighted by Crippen LogP contribution is -2.28. The van der Waals surface area contributed by atoms with Gasteiger partial charge in [-0.3, -0.25) is 0 Å². The number of benzene rings is 1. The number of aryl methyl sites for hydroxylation is 1. The van der Waals surface area contributed by atoms with Gasteiger partial charge in [0.05, 0.1) is 0 Å². The highest BCUT2D eigenvalue weighted by Gasteiger charge is 2.20. The number of carboxylic acids is 1. The van der Waals surface area contributed by atoms with Crippen molar-refractivity contribution in [1.29, 1.82) is 0 Å². The summed E-state index contributed by atoms with van der Waals surface area (Å²) in [6.07, 6.45) is 1.20. The monoisotopic (exact) mass is 265 g/mol. The van der Waals surface area contributed by atoms with Crippen LogP contribution in [0.5, 0.6) is 5.75 Å². The van der Waals surface area contributed by atoms with Crippen molar-refractivity contribution < 1.29 is 14.6 Å². The zero-order valence-electron chi connectivity index (χ0n) is 11.8. The van der Waals surface area contributed by atoms with Crippen LogP contribution in [0.25, 0.3) is 0 Å². The molecule has 0 aliphatic heterocycles. The van der Waals surface area contributed by atoms with Gasteiger partial charge in [0.15, 0.2) is 6.10 Å². The Morgan fingerprint density at radius 3 is 2.58 bits per heavy atom. The van der Waals surface area contributed by atoms with E-state index in [0.29, 0.717) is 18.6 Å². The van der Waals surface area contributed by atoms with E-state index < -0.39 is 12.1 Å². The van der Waals surface area contributed by atoms with Crippen LogP contribution in [0.15, 0.2) is 18.2 Å². The van der Waals surface area contributed by atoms with Crippen molar-refractivity contribution in [3.63, 3.8) is 0 Å². The van der Waals surface area contributed by atoms with E-state index in [1.165, 1.54) is 0 Å². The molecule has 4 heteroatoms. The molecule has 0 radical (unpaired) electrons. The second-order valence-electron chi connectivity index (χ2n) is 4.79. The Labute approximate surface area is 114 Å². The smallest absolute Gasteiger partial charge is 0.344 e. The molecule has 0 bridgehead atoms. The molecule has 1 aromatic carbocycles. The molecule has 0 aromatic heterocycles.